The van der Waals surface area contributed by atoms with Crippen LogP contribution < -0.4 is 0 Å². The molecule has 0 spiro atoms. The fourth-order valence-electron chi connectivity index (χ4n) is 1.50. The highest BCUT2D eigenvalue weighted by Crippen LogP contribution is 2.20. The highest BCUT2D eigenvalue weighted by molar-refractivity contribution is 6.41. The van der Waals surface area contributed by atoms with Crippen molar-refractivity contribution in [3.05, 3.63) is 28.0 Å². The fourth-order valence-corrected chi connectivity index (χ4v) is 1.77. The Morgan fingerprint density at radius 2 is 2.11 bits per heavy atom. The van der Waals surface area contributed by atoms with Gasteiger partial charge in [0.2, 0.25) is 0 Å². The quantitative estimate of drug-likeness (QED) is 0.864. The predicted octanol–water partition coefficient (Wildman–Crippen LogP) is 2.32. The van der Waals surface area contributed by atoms with Gasteiger partial charge in [0.25, 0.3) is 5.91 Å². The molecular formula is C11H12Cl2N2O3. The molecule has 1 rings (SSSR count). The molecule has 1 amide bonds. The van der Waals surface area contributed by atoms with Crippen LogP contribution in [0.2, 0.25) is 10.2 Å². The van der Waals surface area contributed by atoms with Crippen molar-refractivity contribution >= 4 is 35.1 Å². The zero-order chi connectivity index (χ0) is 13.9. The van der Waals surface area contributed by atoms with Crippen molar-refractivity contribution < 1.29 is 14.7 Å². The number of rotatable bonds is 4. The molecule has 0 saturated heterocycles. The molecule has 0 aliphatic heterocycles. The van der Waals surface area contributed by atoms with E-state index in [1.807, 2.05) is 0 Å². The van der Waals surface area contributed by atoms with Crippen molar-refractivity contribution in [2.75, 3.05) is 7.05 Å². The van der Waals surface area contributed by atoms with Gasteiger partial charge in [0.1, 0.15) is 11.2 Å². The summed E-state index contributed by atoms with van der Waals surface area (Å²) in [7, 11) is 1.42. The van der Waals surface area contributed by atoms with E-state index in [4.69, 9.17) is 28.3 Å². The average Bonchev–Trinajstić information content (AvgIpc) is 2.32. The number of aromatic nitrogens is 1. The van der Waals surface area contributed by atoms with Gasteiger partial charge in [-0.05, 0) is 12.5 Å². The largest absolute Gasteiger partial charge is 0.480 e. The van der Waals surface area contributed by atoms with E-state index in [-0.39, 0.29) is 15.7 Å². The topological polar surface area (TPSA) is 70.5 Å². The summed E-state index contributed by atoms with van der Waals surface area (Å²) in [6.07, 6.45) is 1.58. The monoisotopic (exact) mass is 290 g/mol. The molecule has 1 heterocycles. The van der Waals surface area contributed by atoms with Gasteiger partial charge in [0, 0.05) is 13.2 Å². The minimum Gasteiger partial charge on any atom is -0.480 e. The van der Waals surface area contributed by atoms with Crippen LogP contribution in [0, 0.1) is 0 Å². The first-order chi connectivity index (χ1) is 8.38. The van der Waals surface area contributed by atoms with Gasteiger partial charge in [-0.3, -0.25) is 4.79 Å². The Morgan fingerprint density at radius 3 is 2.56 bits per heavy atom. The number of aliphatic carboxylic acids is 1. The number of nitrogens with zero attached hydrogens (tertiary/aromatic N) is 2. The molecule has 0 aliphatic rings. The first-order valence-electron chi connectivity index (χ1n) is 5.19. The molecule has 0 fully saturated rings. The minimum absolute atomic E-state index is 0.0983. The summed E-state index contributed by atoms with van der Waals surface area (Å²) in [5.41, 5.74) is 0.201. The zero-order valence-electron chi connectivity index (χ0n) is 9.85. The maximum atomic E-state index is 12.0. The summed E-state index contributed by atoms with van der Waals surface area (Å²) in [4.78, 5) is 27.9. The number of amides is 1. The highest BCUT2D eigenvalue weighted by Gasteiger charge is 2.25. The SMILES string of the molecule is CCC(C(=O)O)N(C)C(=O)c1cnc(Cl)c(Cl)c1. The van der Waals surface area contributed by atoms with Gasteiger partial charge in [0.15, 0.2) is 0 Å². The molecule has 1 aromatic heterocycles. The number of hydrogen-bond acceptors (Lipinski definition) is 3. The van der Waals surface area contributed by atoms with Crippen molar-refractivity contribution in [2.24, 2.45) is 0 Å². The smallest absolute Gasteiger partial charge is 0.326 e. The Kier molecular flexibility index (Phi) is 4.93. The maximum Gasteiger partial charge on any atom is 0.326 e. The van der Waals surface area contributed by atoms with Crippen LogP contribution in [-0.4, -0.2) is 40.0 Å². The summed E-state index contributed by atoms with van der Waals surface area (Å²) >= 11 is 11.4. The number of hydrogen-bond donors (Lipinski definition) is 1. The van der Waals surface area contributed by atoms with Crippen LogP contribution in [0.1, 0.15) is 23.7 Å². The molecule has 0 bridgehead atoms. The lowest BCUT2D eigenvalue weighted by Gasteiger charge is -2.23. The fraction of sp³-hybridized carbons (Fsp3) is 0.364. The lowest BCUT2D eigenvalue weighted by Crippen LogP contribution is -2.42. The van der Waals surface area contributed by atoms with Crippen molar-refractivity contribution in [3.63, 3.8) is 0 Å². The van der Waals surface area contributed by atoms with E-state index < -0.39 is 17.9 Å². The first kappa shape index (κ1) is 14.7. The number of pyridine rings is 1. The molecule has 0 aromatic carbocycles. The molecular weight excluding hydrogens is 279 g/mol. The maximum absolute atomic E-state index is 12.0. The molecule has 1 N–H and O–H groups in total. The number of carboxylic acid groups (broad SMARTS) is 1. The number of likely N-dealkylation sites (N-methyl/N-ethyl adjacent to an activating group) is 1. The van der Waals surface area contributed by atoms with Crippen molar-refractivity contribution in [1.82, 2.24) is 9.88 Å². The molecule has 0 saturated carbocycles. The van der Waals surface area contributed by atoms with Crippen LogP contribution in [0.3, 0.4) is 0 Å². The summed E-state index contributed by atoms with van der Waals surface area (Å²) in [6.45, 7) is 1.69. The molecule has 0 aliphatic carbocycles. The van der Waals surface area contributed by atoms with Crippen LogP contribution in [0.4, 0.5) is 0 Å². The Morgan fingerprint density at radius 1 is 1.50 bits per heavy atom. The Balaban J connectivity index is 2.99. The van der Waals surface area contributed by atoms with Crippen molar-refractivity contribution in [1.29, 1.82) is 0 Å². The predicted molar refractivity (Wildman–Crippen MR) is 68.1 cm³/mol. The van der Waals surface area contributed by atoms with Gasteiger partial charge in [-0.2, -0.15) is 0 Å². The first-order valence-corrected chi connectivity index (χ1v) is 5.95. The zero-order valence-corrected chi connectivity index (χ0v) is 11.4. The highest BCUT2D eigenvalue weighted by atomic mass is 35.5. The Hall–Kier alpha value is -1.33. The number of carboxylic acids is 1. The van der Waals surface area contributed by atoms with Crippen molar-refractivity contribution in [2.45, 2.75) is 19.4 Å². The summed E-state index contributed by atoms with van der Waals surface area (Å²) < 4.78 is 0. The number of carbonyl (C=O) groups is 2. The summed E-state index contributed by atoms with van der Waals surface area (Å²) in [5, 5.41) is 9.23. The van der Waals surface area contributed by atoms with Crippen LogP contribution in [0.5, 0.6) is 0 Å². The lowest BCUT2D eigenvalue weighted by atomic mass is 10.1. The van der Waals surface area contributed by atoms with Gasteiger partial charge >= 0.3 is 5.97 Å². The lowest BCUT2D eigenvalue weighted by molar-refractivity contribution is -0.142. The minimum atomic E-state index is -1.05. The van der Waals surface area contributed by atoms with Gasteiger partial charge in [-0.15, -0.1) is 0 Å². The van der Waals surface area contributed by atoms with Crippen LogP contribution >= 0.6 is 23.2 Å². The van der Waals surface area contributed by atoms with Crippen molar-refractivity contribution in [3.8, 4) is 0 Å². The van der Waals surface area contributed by atoms with E-state index in [1.165, 1.54) is 19.3 Å². The molecule has 0 radical (unpaired) electrons. The van der Waals surface area contributed by atoms with Crippen LogP contribution in [0.25, 0.3) is 0 Å². The summed E-state index contributed by atoms with van der Waals surface area (Å²) in [6, 6.07) is 0.483. The summed E-state index contributed by atoms with van der Waals surface area (Å²) in [5.74, 6) is -1.52. The molecule has 1 unspecified atom stereocenters. The Labute approximate surface area is 114 Å². The van der Waals surface area contributed by atoms with E-state index in [9.17, 15) is 9.59 Å². The molecule has 18 heavy (non-hydrogen) atoms. The second-order valence-electron chi connectivity index (χ2n) is 3.67. The van der Waals surface area contributed by atoms with Gasteiger partial charge in [-0.25, -0.2) is 9.78 Å². The van der Waals surface area contributed by atoms with E-state index in [0.717, 1.165) is 4.90 Å². The van der Waals surface area contributed by atoms with Crippen LogP contribution in [-0.2, 0) is 4.79 Å². The number of carbonyl (C=O) groups excluding carboxylic acids is 1. The van der Waals surface area contributed by atoms with Gasteiger partial charge in [-0.1, -0.05) is 30.1 Å². The van der Waals surface area contributed by atoms with E-state index in [1.54, 1.807) is 6.92 Å². The van der Waals surface area contributed by atoms with E-state index >= 15 is 0 Å². The molecule has 1 aromatic rings. The third kappa shape index (κ3) is 3.11. The normalized spacial score (nSPS) is 12.0. The van der Waals surface area contributed by atoms with E-state index in [0.29, 0.717) is 6.42 Å². The van der Waals surface area contributed by atoms with Gasteiger partial charge < -0.3 is 10.0 Å². The standard InChI is InChI=1S/C11H12Cl2N2O3/c1-3-8(11(17)18)15(2)10(16)6-4-7(12)9(13)14-5-6/h4-5,8H,3H2,1-2H3,(H,17,18). The molecule has 98 valence electrons. The third-order valence-corrected chi connectivity index (χ3v) is 3.19. The molecule has 5 nitrogen and oxygen atoms in total. The Bertz CT molecular complexity index is 479. The third-order valence-electron chi connectivity index (χ3n) is 2.50. The molecule has 1 atom stereocenters. The van der Waals surface area contributed by atoms with E-state index in [2.05, 4.69) is 4.98 Å². The van der Waals surface area contributed by atoms with Gasteiger partial charge in [0.05, 0.1) is 10.6 Å². The van der Waals surface area contributed by atoms with Crippen LogP contribution in [0.15, 0.2) is 12.3 Å². The second-order valence-corrected chi connectivity index (χ2v) is 4.44. The second kappa shape index (κ2) is 6.02. The molecule has 7 heteroatoms. The average molecular weight is 291 g/mol. The number of halogens is 2.